The molecule has 0 aliphatic heterocycles. The highest BCUT2D eigenvalue weighted by Gasteiger charge is 2.31. The van der Waals surface area contributed by atoms with Crippen LogP contribution >= 0.6 is 0 Å². The number of anilines is 6. The van der Waals surface area contributed by atoms with Gasteiger partial charge in [-0.15, -0.1) is 0 Å². The Morgan fingerprint density at radius 1 is 0.300 bits per heavy atom. The first-order chi connectivity index (χ1) is 39.0. The second kappa shape index (κ2) is 15.9. The predicted octanol–water partition coefficient (Wildman–Crippen LogP) is 21.3. The van der Waals surface area contributed by atoms with E-state index in [1.807, 2.05) is 0 Å². The van der Waals surface area contributed by atoms with E-state index in [2.05, 4.69) is 279 Å². The van der Waals surface area contributed by atoms with E-state index >= 15 is 0 Å². The second-order valence-electron chi connectivity index (χ2n) is 24.1. The van der Waals surface area contributed by atoms with Gasteiger partial charge in [-0.3, -0.25) is 0 Å². The molecule has 80 heavy (non-hydrogen) atoms. The fraction of sp³-hybridized carbons (Fsp3) is 0.108. The molecule has 0 aliphatic carbocycles. The van der Waals surface area contributed by atoms with Crippen LogP contribution in [0.3, 0.4) is 0 Å². The monoisotopic (exact) mass is 1030 g/mol. The molecule has 0 bridgehead atoms. The Kier molecular flexibility index (Phi) is 9.01. The number of furan rings is 2. The van der Waals surface area contributed by atoms with Gasteiger partial charge < -0.3 is 27.4 Å². The Bertz CT molecular complexity index is 5050. The molecule has 0 atom stereocenters. The van der Waals surface area contributed by atoms with Gasteiger partial charge in [0.25, 0.3) is 0 Å². The molecule has 17 rings (SSSR count). The molecule has 6 heterocycles. The lowest BCUT2D eigenvalue weighted by atomic mass is 9.86. The third kappa shape index (κ3) is 6.13. The summed E-state index contributed by atoms with van der Waals surface area (Å²) >= 11 is 0. The molecule has 6 nitrogen and oxygen atoms in total. The number of benzene rings is 11. The van der Waals surface area contributed by atoms with Crippen molar-refractivity contribution in [2.75, 3.05) is 9.80 Å². The minimum Gasteiger partial charge on any atom is -0.454 e. The molecular formula is C74H54N4O2. The van der Waals surface area contributed by atoms with E-state index in [1.165, 1.54) is 87.3 Å². The van der Waals surface area contributed by atoms with Crippen molar-refractivity contribution < 1.29 is 8.83 Å². The van der Waals surface area contributed by atoms with Crippen LogP contribution in [0, 0.1) is 0 Å². The fourth-order valence-corrected chi connectivity index (χ4v) is 13.7. The van der Waals surface area contributed by atoms with Crippen molar-refractivity contribution in [1.29, 1.82) is 0 Å². The molecule has 6 heteroatoms. The summed E-state index contributed by atoms with van der Waals surface area (Å²) in [4.78, 5) is 4.85. The lowest BCUT2D eigenvalue weighted by molar-refractivity contribution is 0.591. The van der Waals surface area contributed by atoms with E-state index < -0.39 is 0 Å². The molecular weight excluding hydrogens is 977 g/mol. The average Bonchev–Trinajstić information content (AvgIpc) is 4.43. The standard InChI is InChI=1S/C74H54N4O2/c1-73(2,3)43-31-35-57-55(39-43)67-59(75(45-19-9-7-10-20-45)61-27-17-25-51-47-23-13-15-29-65(47)79-71(51)61)37-33-49-53-42-64-54(41-63(53)77(57)69(49)67)50-34-38-60(68-56-40-44(74(4,5)6)32-36-58(56)78(64)70(50)68)76(46-21-11-8-12-22-46)62-28-18-26-52-48-24-14-16-30-66(48)80-72(52)62/h7-42H,1-6H3. The number of rotatable bonds is 6. The summed E-state index contributed by atoms with van der Waals surface area (Å²) in [5.41, 5.74) is 19.4. The predicted molar refractivity (Wildman–Crippen MR) is 337 cm³/mol. The molecule has 0 amide bonds. The highest BCUT2D eigenvalue weighted by molar-refractivity contribution is 6.33. The van der Waals surface area contributed by atoms with Crippen LogP contribution in [0.2, 0.25) is 0 Å². The Morgan fingerprint density at radius 2 is 0.700 bits per heavy atom. The largest absolute Gasteiger partial charge is 0.454 e. The maximum Gasteiger partial charge on any atom is 0.159 e. The maximum absolute atomic E-state index is 6.84. The quantitative estimate of drug-likeness (QED) is 0.166. The highest BCUT2D eigenvalue weighted by atomic mass is 16.3. The first-order valence-corrected chi connectivity index (χ1v) is 27.9. The molecule has 6 aromatic heterocycles. The molecule has 0 fully saturated rings. The van der Waals surface area contributed by atoms with Crippen molar-refractivity contribution in [3.8, 4) is 0 Å². The minimum atomic E-state index is -0.0711. The van der Waals surface area contributed by atoms with Gasteiger partial charge >= 0.3 is 0 Å². The van der Waals surface area contributed by atoms with Gasteiger partial charge in [-0.25, -0.2) is 0 Å². The van der Waals surface area contributed by atoms with Crippen molar-refractivity contribution in [2.45, 2.75) is 52.4 Å². The van der Waals surface area contributed by atoms with Gasteiger partial charge in [0, 0.05) is 76.0 Å². The smallest absolute Gasteiger partial charge is 0.159 e. The highest BCUT2D eigenvalue weighted by Crippen LogP contribution is 2.54. The molecule has 0 aliphatic rings. The van der Waals surface area contributed by atoms with Gasteiger partial charge in [0.1, 0.15) is 11.2 Å². The summed E-state index contributed by atoms with van der Waals surface area (Å²) < 4.78 is 18.8. The van der Waals surface area contributed by atoms with Gasteiger partial charge in [0.05, 0.1) is 55.8 Å². The van der Waals surface area contributed by atoms with E-state index in [0.29, 0.717) is 0 Å². The van der Waals surface area contributed by atoms with E-state index in [4.69, 9.17) is 8.83 Å². The third-order valence-electron chi connectivity index (χ3n) is 17.4. The zero-order chi connectivity index (χ0) is 53.5. The van der Waals surface area contributed by atoms with Gasteiger partial charge in [-0.2, -0.15) is 0 Å². The van der Waals surface area contributed by atoms with Crippen molar-refractivity contribution in [1.82, 2.24) is 8.80 Å². The molecule has 0 spiro atoms. The zero-order valence-electron chi connectivity index (χ0n) is 45.4. The SMILES string of the molecule is CC(C)(C)c1ccc2c(c1)c1c(N(c3ccccc3)c3cccc4c3oc3ccccc34)ccc3c4cc5c(cc4n2c31)c1ccc(N(c2ccccc2)c2cccc3c2oc2ccccc23)c2c3cc(C(C)(C)C)ccc3n5c12. The van der Waals surface area contributed by atoms with E-state index in [9.17, 15) is 0 Å². The first-order valence-electron chi connectivity index (χ1n) is 27.9. The Morgan fingerprint density at radius 3 is 1.12 bits per heavy atom. The van der Waals surface area contributed by atoms with Crippen LogP contribution in [-0.4, -0.2) is 8.80 Å². The second-order valence-corrected chi connectivity index (χ2v) is 24.1. The molecule has 11 aromatic carbocycles. The van der Waals surface area contributed by atoms with Crippen molar-refractivity contribution >= 4 is 154 Å². The first kappa shape index (κ1) is 45.3. The molecule has 0 N–H and O–H groups in total. The van der Waals surface area contributed by atoms with Crippen molar-refractivity contribution in [3.05, 3.63) is 230 Å². The number of para-hydroxylation sites is 6. The van der Waals surface area contributed by atoms with Gasteiger partial charge in [0.2, 0.25) is 0 Å². The van der Waals surface area contributed by atoms with Crippen LogP contribution in [-0.2, 0) is 10.8 Å². The van der Waals surface area contributed by atoms with Crippen LogP contribution < -0.4 is 9.80 Å². The van der Waals surface area contributed by atoms with Crippen LogP contribution in [0.1, 0.15) is 52.7 Å². The van der Waals surface area contributed by atoms with Crippen molar-refractivity contribution in [2.24, 2.45) is 0 Å². The van der Waals surface area contributed by atoms with Crippen LogP contribution in [0.4, 0.5) is 34.1 Å². The summed E-state index contributed by atoms with van der Waals surface area (Å²) in [7, 11) is 0. The number of fused-ring (bicyclic) bond motifs is 18. The average molecular weight is 1030 g/mol. The van der Waals surface area contributed by atoms with E-state index in [-0.39, 0.29) is 10.8 Å². The number of hydrogen-bond acceptors (Lipinski definition) is 4. The minimum absolute atomic E-state index is 0.0711. The summed E-state index contributed by atoms with van der Waals surface area (Å²) in [5.74, 6) is 0. The topological polar surface area (TPSA) is 41.6 Å². The van der Waals surface area contributed by atoms with Crippen LogP contribution in [0.25, 0.3) is 120 Å². The Hall–Kier alpha value is -9.78. The summed E-state index contributed by atoms with van der Waals surface area (Å²) in [6.07, 6.45) is 0. The van der Waals surface area contributed by atoms with E-state index in [1.54, 1.807) is 0 Å². The maximum atomic E-state index is 6.84. The fourth-order valence-electron chi connectivity index (χ4n) is 13.7. The summed E-state index contributed by atoms with van der Waals surface area (Å²) in [5, 5.41) is 14.2. The van der Waals surface area contributed by atoms with Crippen LogP contribution in [0.5, 0.6) is 0 Å². The lowest BCUT2D eigenvalue weighted by Crippen LogP contribution is -2.11. The number of hydrogen-bond donors (Lipinski definition) is 0. The Balaban J connectivity index is 0.980. The van der Waals surface area contributed by atoms with E-state index in [0.717, 1.165) is 78.0 Å². The third-order valence-corrected chi connectivity index (χ3v) is 17.4. The Labute approximate surface area is 461 Å². The normalized spacial score (nSPS) is 12.9. The molecule has 0 saturated carbocycles. The summed E-state index contributed by atoms with van der Waals surface area (Å²) in [6.45, 7) is 13.9. The molecule has 17 aromatic rings. The van der Waals surface area contributed by atoms with Crippen molar-refractivity contribution in [3.63, 3.8) is 0 Å². The molecule has 0 unspecified atom stereocenters. The lowest BCUT2D eigenvalue weighted by Gasteiger charge is -2.26. The van der Waals surface area contributed by atoms with Crippen LogP contribution in [0.15, 0.2) is 227 Å². The molecule has 0 radical (unpaired) electrons. The van der Waals surface area contributed by atoms with Gasteiger partial charge in [-0.05, 0) is 119 Å². The van der Waals surface area contributed by atoms with Gasteiger partial charge in [0.15, 0.2) is 11.2 Å². The number of nitrogens with zero attached hydrogens (tertiary/aromatic N) is 4. The summed E-state index contributed by atoms with van der Waals surface area (Å²) in [6, 6.07) is 80.3. The number of aromatic nitrogens is 2. The van der Waals surface area contributed by atoms with Gasteiger partial charge in [-0.1, -0.05) is 163 Å². The zero-order valence-corrected chi connectivity index (χ0v) is 45.4. The molecule has 0 saturated heterocycles. The molecule has 382 valence electrons.